The first kappa shape index (κ1) is 13.0. The van der Waals surface area contributed by atoms with Gasteiger partial charge in [-0.05, 0) is 31.2 Å². The third-order valence-corrected chi connectivity index (χ3v) is 2.29. The van der Waals surface area contributed by atoms with Crippen molar-refractivity contribution in [1.82, 2.24) is 5.32 Å². The van der Waals surface area contributed by atoms with E-state index < -0.39 is 5.97 Å². The number of hydrogen-bond donors (Lipinski definition) is 3. The third-order valence-electron chi connectivity index (χ3n) is 2.29. The van der Waals surface area contributed by atoms with E-state index in [2.05, 4.69) is 10.6 Å². The fourth-order valence-electron chi connectivity index (χ4n) is 1.41. The molecule has 5 heteroatoms. The predicted molar refractivity (Wildman–Crippen MR) is 65.2 cm³/mol. The summed E-state index contributed by atoms with van der Waals surface area (Å²) in [6, 6.07) is 6.57. The lowest BCUT2D eigenvalue weighted by Gasteiger charge is -2.11. The molecule has 0 aliphatic carbocycles. The molecule has 0 fully saturated rings. The van der Waals surface area contributed by atoms with Gasteiger partial charge in [-0.3, -0.25) is 9.59 Å². The zero-order chi connectivity index (χ0) is 12.8. The highest BCUT2D eigenvalue weighted by Gasteiger charge is 2.12. The fraction of sp³-hybridized carbons (Fsp3) is 0.333. The molecule has 1 amide bonds. The van der Waals surface area contributed by atoms with E-state index in [-0.39, 0.29) is 18.4 Å². The quantitative estimate of drug-likeness (QED) is 0.720. The molecule has 3 N–H and O–H groups in total. The third kappa shape index (κ3) is 4.14. The second-order valence-electron chi connectivity index (χ2n) is 3.80. The summed E-state index contributed by atoms with van der Waals surface area (Å²) in [7, 11) is 1.80. The lowest BCUT2D eigenvalue weighted by Crippen LogP contribution is -2.34. The lowest BCUT2D eigenvalue weighted by atomic mass is 10.1. The average Bonchev–Trinajstić information content (AvgIpc) is 2.28. The molecule has 1 rings (SSSR count). The maximum absolute atomic E-state index is 11.7. The first-order valence-electron chi connectivity index (χ1n) is 5.33. The number of hydrogen-bond acceptors (Lipinski definition) is 3. The van der Waals surface area contributed by atoms with Crippen LogP contribution in [0, 0.1) is 0 Å². The molecule has 1 aromatic rings. The van der Waals surface area contributed by atoms with E-state index in [0.717, 1.165) is 5.69 Å². The highest BCUT2D eigenvalue weighted by Crippen LogP contribution is 2.08. The van der Waals surface area contributed by atoms with Crippen LogP contribution in [0.2, 0.25) is 0 Å². The summed E-state index contributed by atoms with van der Waals surface area (Å²) in [5.41, 5.74) is 1.43. The molecule has 0 saturated heterocycles. The van der Waals surface area contributed by atoms with Gasteiger partial charge in [0.15, 0.2) is 0 Å². The van der Waals surface area contributed by atoms with Crippen molar-refractivity contribution in [2.45, 2.75) is 19.4 Å². The molecule has 5 nitrogen and oxygen atoms in total. The summed E-state index contributed by atoms with van der Waals surface area (Å²) in [5.74, 6) is -1.19. The summed E-state index contributed by atoms with van der Waals surface area (Å²) in [4.78, 5) is 22.2. The first-order chi connectivity index (χ1) is 8.02. The van der Waals surface area contributed by atoms with E-state index >= 15 is 0 Å². The average molecular weight is 236 g/mol. The number of carbonyl (C=O) groups is 2. The number of nitrogens with one attached hydrogen (secondary N) is 2. The Kier molecular flexibility index (Phi) is 4.51. The van der Waals surface area contributed by atoms with Crippen LogP contribution in [0.15, 0.2) is 24.3 Å². The van der Waals surface area contributed by atoms with Crippen LogP contribution in [0.5, 0.6) is 0 Å². The van der Waals surface area contributed by atoms with Crippen LogP contribution in [0.4, 0.5) is 5.69 Å². The standard InChI is InChI=1S/C12H16N2O3/c1-8(7-11(15)16)14-12(17)9-3-5-10(13-2)6-4-9/h3-6,8,13H,7H2,1-2H3,(H,14,17)(H,15,16)/t8-/m1/s1. The van der Waals surface area contributed by atoms with Gasteiger partial charge in [0.05, 0.1) is 6.42 Å². The van der Waals surface area contributed by atoms with Gasteiger partial charge in [0.1, 0.15) is 0 Å². The van der Waals surface area contributed by atoms with Gasteiger partial charge < -0.3 is 15.7 Å². The smallest absolute Gasteiger partial charge is 0.305 e. The molecule has 0 radical (unpaired) electrons. The summed E-state index contributed by atoms with van der Waals surface area (Å²) < 4.78 is 0. The molecule has 0 spiro atoms. The van der Waals surface area contributed by atoms with Gasteiger partial charge in [0, 0.05) is 24.3 Å². The zero-order valence-electron chi connectivity index (χ0n) is 9.86. The van der Waals surface area contributed by atoms with E-state index in [4.69, 9.17) is 5.11 Å². The van der Waals surface area contributed by atoms with Crippen molar-refractivity contribution in [3.63, 3.8) is 0 Å². The van der Waals surface area contributed by atoms with E-state index in [1.54, 1.807) is 38.2 Å². The van der Waals surface area contributed by atoms with E-state index in [1.165, 1.54) is 0 Å². The zero-order valence-corrected chi connectivity index (χ0v) is 9.86. The van der Waals surface area contributed by atoms with E-state index in [9.17, 15) is 9.59 Å². The molecule has 17 heavy (non-hydrogen) atoms. The van der Waals surface area contributed by atoms with Gasteiger partial charge in [-0.2, -0.15) is 0 Å². The topological polar surface area (TPSA) is 78.4 Å². The van der Waals surface area contributed by atoms with Crippen molar-refractivity contribution in [1.29, 1.82) is 0 Å². The molecule has 0 aromatic heterocycles. The summed E-state index contributed by atoms with van der Waals surface area (Å²) >= 11 is 0. The van der Waals surface area contributed by atoms with Crippen LogP contribution < -0.4 is 10.6 Å². The van der Waals surface area contributed by atoms with Crippen LogP contribution in [-0.2, 0) is 4.79 Å². The monoisotopic (exact) mass is 236 g/mol. The van der Waals surface area contributed by atoms with Crippen LogP contribution in [0.3, 0.4) is 0 Å². The Labute approximate surface area is 99.8 Å². The fourth-order valence-corrected chi connectivity index (χ4v) is 1.41. The van der Waals surface area contributed by atoms with Crippen molar-refractivity contribution >= 4 is 17.6 Å². The Bertz CT molecular complexity index is 401. The lowest BCUT2D eigenvalue weighted by molar-refractivity contribution is -0.137. The number of amides is 1. The van der Waals surface area contributed by atoms with Crippen molar-refractivity contribution in [2.75, 3.05) is 12.4 Å². The summed E-state index contributed by atoms with van der Waals surface area (Å²) in [5, 5.41) is 14.2. The van der Waals surface area contributed by atoms with Gasteiger partial charge in [-0.1, -0.05) is 0 Å². The molecule has 0 saturated carbocycles. The Morgan fingerprint density at radius 1 is 1.29 bits per heavy atom. The SMILES string of the molecule is CNc1ccc(C(=O)N[C@H](C)CC(=O)O)cc1. The van der Waals surface area contributed by atoms with Gasteiger partial charge >= 0.3 is 5.97 Å². The first-order valence-corrected chi connectivity index (χ1v) is 5.33. The summed E-state index contributed by atoms with van der Waals surface area (Å²) in [6.45, 7) is 1.66. The minimum atomic E-state index is -0.927. The number of anilines is 1. The number of carbonyl (C=O) groups excluding carboxylic acids is 1. The maximum Gasteiger partial charge on any atom is 0.305 e. The molecule has 92 valence electrons. The Morgan fingerprint density at radius 2 is 1.88 bits per heavy atom. The largest absolute Gasteiger partial charge is 0.481 e. The number of benzene rings is 1. The normalized spacial score (nSPS) is 11.6. The predicted octanol–water partition coefficient (Wildman–Crippen LogP) is 1.32. The number of aliphatic carboxylic acids is 1. The van der Waals surface area contributed by atoms with Crippen LogP contribution in [0.1, 0.15) is 23.7 Å². The molecule has 0 aliphatic rings. The molecular weight excluding hydrogens is 220 g/mol. The Balaban J connectivity index is 2.60. The minimum absolute atomic E-state index is 0.0830. The van der Waals surface area contributed by atoms with Gasteiger partial charge in [-0.15, -0.1) is 0 Å². The van der Waals surface area contributed by atoms with E-state index in [0.29, 0.717) is 5.56 Å². The second kappa shape index (κ2) is 5.89. The molecule has 0 unspecified atom stereocenters. The highest BCUT2D eigenvalue weighted by molar-refractivity contribution is 5.94. The second-order valence-corrected chi connectivity index (χ2v) is 3.80. The van der Waals surface area contributed by atoms with Gasteiger partial charge in [-0.25, -0.2) is 0 Å². The number of carboxylic acid groups (broad SMARTS) is 1. The van der Waals surface area contributed by atoms with Gasteiger partial charge in [0.2, 0.25) is 0 Å². The van der Waals surface area contributed by atoms with Crippen LogP contribution >= 0.6 is 0 Å². The van der Waals surface area contributed by atoms with Crippen molar-refractivity contribution in [3.05, 3.63) is 29.8 Å². The summed E-state index contributed by atoms with van der Waals surface area (Å²) in [6.07, 6.45) is -0.0830. The Hall–Kier alpha value is -2.04. The minimum Gasteiger partial charge on any atom is -0.481 e. The molecule has 0 bridgehead atoms. The molecular formula is C12H16N2O3. The van der Waals surface area contributed by atoms with Crippen molar-refractivity contribution in [3.8, 4) is 0 Å². The number of carboxylic acids is 1. The maximum atomic E-state index is 11.7. The van der Waals surface area contributed by atoms with Crippen LogP contribution in [-0.4, -0.2) is 30.1 Å². The van der Waals surface area contributed by atoms with Gasteiger partial charge in [0.25, 0.3) is 5.91 Å². The van der Waals surface area contributed by atoms with E-state index in [1.807, 2.05) is 0 Å². The highest BCUT2D eigenvalue weighted by atomic mass is 16.4. The molecule has 1 aromatic carbocycles. The van der Waals surface area contributed by atoms with Crippen molar-refractivity contribution < 1.29 is 14.7 Å². The van der Waals surface area contributed by atoms with Crippen LogP contribution in [0.25, 0.3) is 0 Å². The molecule has 0 aliphatic heterocycles. The Morgan fingerprint density at radius 3 is 2.35 bits per heavy atom. The van der Waals surface area contributed by atoms with Crippen molar-refractivity contribution in [2.24, 2.45) is 0 Å². The number of rotatable bonds is 5. The molecule has 0 heterocycles. The molecule has 1 atom stereocenters.